The van der Waals surface area contributed by atoms with E-state index < -0.39 is 5.91 Å². The highest BCUT2D eigenvalue weighted by atomic mass is 35.5. The first-order valence-corrected chi connectivity index (χ1v) is 10.3. The van der Waals surface area contributed by atoms with Crippen LogP contribution in [0.1, 0.15) is 32.1 Å². The van der Waals surface area contributed by atoms with Crippen LogP contribution in [0, 0.1) is 6.92 Å². The topological polar surface area (TPSA) is 109 Å². The summed E-state index contributed by atoms with van der Waals surface area (Å²) in [4.78, 5) is 27.6. The molecule has 7 nitrogen and oxygen atoms in total. The van der Waals surface area contributed by atoms with Crippen LogP contribution >= 0.6 is 23.2 Å². The van der Waals surface area contributed by atoms with Crippen LogP contribution in [0.5, 0.6) is 5.75 Å². The molecule has 0 atom stereocenters. The van der Waals surface area contributed by atoms with Gasteiger partial charge in [-0.2, -0.15) is 0 Å². The molecule has 1 aromatic heterocycles. The van der Waals surface area contributed by atoms with E-state index in [1.165, 1.54) is 0 Å². The van der Waals surface area contributed by atoms with Crippen molar-refractivity contribution in [2.45, 2.75) is 13.5 Å². The fourth-order valence-electron chi connectivity index (χ4n) is 2.86. The number of anilines is 1. The van der Waals surface area contributed by atoms with Gasteiger partial charge in [-0.25, -0.2) is 0 Å². The molecule has 0 saturated heterocycles. The second-order valence-electron chi connectivity index (χ2n) is 6.74. The lowest BCUT2D eigenvalue weighted by atomic mass is 10.1. The summed E-state index contributed by atoms with van der Waals surface area (Å²) in [5.74, 6) is -0.161. The molecule has 0 aliphatic rings. The van der Waals surface area contributed by atoms with Crippen LogP contribution in [0.4, 0.5) is 5.69 Å². The number of aryl methyl sites for hydroxylation is 1. The Kier molecular flexibility index (Phi) is 7.57. The Morgan fingerprint density at radius 3 is 2.55 bits per heavy atom. The van der Waals surface area contributed by atoms with Gasteiger partial charge in [-0.1, -0.05) is 47.5 Å². The highest BCUT2D eigenvalue weighted by molar-refractivity contribution is 6.44. The first-order chi connectivity index (χ1) is 14.9. The number of amides is 2. The van der Waals surface area contributed by atoms with Gasteiger partial charge in [0.25, 0.3) is 11.8 Å². The van der Waals surface area contributed by atoms with Gasteiger partial charge in [-0.05, 0) is 36.8 Å². The summed E-state index contributed by atoms with van der Waals surface area (Å²) in [5, 5.41) is 5.99. The molecule has 162 valence electrons. The number of nitrogens with one attached hydrogen (secondary N) is 3. The molecule has 0 saturated carbocycles. The number of aromatic nitrogens is 1. The lowest BCUT2D eigenvalue weighted by Gasteiger charge is -2.13. The molecule has 0 bridgehead atoms. The zero-order valence-electron chi connectivity index (χ0n) is 16.8. The van der Waals surface area contributed by atoms with Crippen molar-refractivity contribution in [2.75, 3.05) is 18.4 Å². The molecular weight excluding hydrogens is 439 g/mol. The van der Waals surface area contributed by atoms with E-state index in [0.717, 1.165) is 5.56 Å². The molecule has 2 amide bonds. The molecule has 3 aromatic rings. The normalized spacial score (nSPS) is 10.6. The molecule has 5 N–H and O–H groups in total. The SMILES string of the molecule is Cc1[nH]c(C(=O)Nc2ccccc2OCc2cccc(C(=O)NCCN)c2)c(Cl)c1Cl. The van der Waals surface area contributed by atoms with E-state index in [2.05, 4.69) is 15.6 Å². The maximum Gasteiger partial charge on any atom is 0.273 e. The Hall–Kier alpha value is -3.00. The number of carbonyl (C=O) groups is 2. The summed E-state index contributed by atoms with van der Waals surface area (Å²) in [7, 11) is 0. The van der Waals surface area contributed by atoms with Gasteiger partial charge in [-0.3, -0.25) is 9.59 Å². The van der Waals surface area contributed by atoms with Gasteiger partial charge in [-0.15, -0.1) is 0 Å². The van der Waals surface area contributed by atoms with Crippen LogP contribution < -0.4 is 21.1 Å². The minimum atomic E-state index is -0.436. The highest BCUT2D eigenvalue weighted by Gasteiger charge is 2.19. The van der Waals surface area contributed by atoms with Gasteiger partial charge >= 0.3 is 0 Å². The fourth-order valence-corrected chi connectivity index (χ4v) is 3.28. The molecule has 3 rings (SSSR count). The summed E-state index contributed by atoms with van der Waals surface area (Å²) in [6, 6.07) is 14.1. The van der Waals surface area contributed by atoms with E-state index in [9.17, 15) is 9.59 Å². The Morgan fingerprint density at radius 2 is 1.84 bits per heavy atom. The number of hydrogen-bond donors (Lipinski definition) is 4. The van der Waals surface area contributed by atoms with Crippen molar-refractivity contribution >= 4 is 40.7 Å². The van der Waals surface area contributed by atoms with Crippen LogP contribution in [-0.2, 0) is 6.61 Å². The average Bonchev–Trinajstić information content (AvgIpc) is 3.04. The predicted octanol–water partition coefficient (Wildman–Crippen LogP) is 4.15. The number of hydrogen-bond acceptors (Lipinski definition) is 4. The van der Waals surface area contributed by atoms with E-state index in [-0.39, 0.29) is 23.2 Å². The molecule has 0 aliphatic heterocycles. The van der Waals surface area contributed by atoms with Gasteiger partial charge in [0.2, 0.25) is 0 Å². The number of rotatable bonds is 8. The Bertz CT molecular complexity index is 1100. The average molecular weight is 461 g/mol. The van der Waals surface area contributed by atoms with E-state index in [1.807, 2.05) is 6.07 Å². The summed E-state index contributed by atoms with van der Waals surface area (Å²) in [6.45, 7) is 2.71. The number of aromatic amines is 1. The van der Waals surface area contributed by atoms with Crippen molar-refractivity contribution in [1.29, 1.82) is 0 Å². The first kappa shape index (κ1) is 22.7. The second kappa shape index (κ2) is 10.3. The maximum absolute atomic E-state index is 12.6. The number of halogens is 2. The lowest BCUT2D eigenvalue weighted by Crippen LogP contribution is -2.29. The zero-order chi connectivity index (χ0) is 22.4. The van der Waals surface area contributed by atoms with E-state index >= 15 is 0 Å². The van der Waals surface area contributed by atoms with Crippen molar-refractivity contribution in [1.82, 2.24) is 10.3 Å². The minimum Gasteiger partial charge on any atom is -0.487 e. The summed E-state index contributed by atoms with van der Waals surface area (Å²) < 4.78 is 5.90. The number of ether oxygens (including phenoxy) is 1. The Labute approximate surface area is 189 Å². The summed E-state index contributed by atoms with van der Waals surface area (Å²) >= 11 is 12.2. The third-order valence-corrected chi connectivity index (χ3v) is 5.38. The first-order valence-electron chi connectivity index (χ1n) is 9.54. The van der Waals surface area contributed by atoms with E-state index in [1.54, 1.807) is 49.4 Å². The van der Waals surface area contributed by atoms with Crippen LogP contribution in [0.25, 0.3) is 0 Å². The third kappa shape index (κ3) is 5.58. The maximum atomic E-state index is 12.6. The zero-order valence-corrected chi connectivity index (χ0v) is 18.3. The molecule has 0 spiro atoms. The number of benzene rings is 2. The van der Waals surface area contributed by atoms with E-state index in [4.69, 9.17) is 33.7 Å². The van der Waals surface area contributed by atoms with Gasteiger partial charge < -0.3 is 26.1 Å². The standard InChI is InChI=1S/C22H22Cl2N4O3/c1-13-18(23)19(24)20(27-13)22(30)28-16-7-2-3-8-17(16)31-12-14-5-4-6-15(11-14)21(29)26-10-9-25/h2-8,11,27H,9-10,12,25H2,1H3,(H,26,29)(H,28,30). The Morgan fingerprint density at radius 1 is 1.06 bits per heavy atom. The van der Waals surface area contributed by atoms with Crippen molar-refractivity contribution in [3.63, 3.8) is 0 Å². The number of nitrogens with two attached hydrogens (primary N) is 1. The van der Waals surface area contributed by atoms with Crippen LogP contribution in [-0.4, -0.2) is 29.9 Å². The second-order valence-corrected chi connectivity index (χ2v) is 7.49. The predicted molar refractivity (Wildman–Crippen MR) is 122 cm³/mol. The number of para-hydroxylation sites is 2. The van der Waals surface area contributed by atoms with Crippen LogP contribution in [0.15, 0.2) is 48.5 Å². The molecule has 0 fully saturated rings. The van der Waals surface area contributed by atoms with Gasteiger partial charge in [0.15, 0.2) is 0 Å². The van der Waals surface area contributed by atoms with Crippen molar-refractivity contribution in [3.8, 4) is 5.75 Å². The van der Waals surface area contributed by atoms with Crippen molar-refractivity contribution < 1.29 is 14.3 Å². The summed E-state index contributed by atoms with van der Waals surface area (Å²) in [6.07, 6.45) is 0. The number of carbonyl (C=O) groups excluding carboxylic acids is 2. The van der Waals surface area contributed by atoms with Gasteiger partial charge in [0, 0.05) is 24.3 Å². The van der Waals surface area contributed by atoms with Crippen LogP contribution in [0.3, 0.4) is 0 Å². The largest absolute Gasteiger partial charge is 0.487 e. The van der Waals surface area contributed by atoms with Crippen LogP contribution in [0.2, 0.25) is 10.0 Å². The van der Waals surface area contributed by atoms with Gasteiger partial charge in [0.05, 0.1) is 15.7 Å². The highest BCUT2D eigenvalue weighted by Crippen LogP contribution is 2.31. The van der Waals surface area contributed by atoms with Gasteiger partial charge in [0.1, 0.15) is 18.1 Å². The number of H-pyrrole nitrogens is 1. The van der Waals surface area contributed by atoms with E-state index in [0.29, 0.717) is 40.8 Å². The fraction of sp³-hybridized carbons (Fsp3) is 0.182. The molecule has 9 heteroatoms. The molecule has 2 aromatic carbocycles. The lowest BCUT2D eigenvalue weighted by molar-refractivity contribution is 0.0953. The van der Waals surface area contributed by atoms with Crippen molar-refractivity contribution in [2.24, 2.45) is 5.73 Å². The third-order valence-electron chi connectivity index (χ3n) is 4.43. The molecule has 1 heterocycles. The molecular formula is C22H22Cl2N4O3. The smallest absolute Gasteiger partial charge is 0.273 e. The van der Waals surface area contributed by atoms with Crippen molar-refractivity contribution in [3.05, 3.63) is 81.1 Å². The summed E-state index contributed by atoms with van der Waals surface area (Å²) in [5.41, 5.74) is 8.00. The molecule has 0 radical (unpaired) electrons. The molecule has 0 unspecified atom stereocenters. The molecule has 31 heavy (non-hydrogen) atoms. The quantitative estimate of drug-likeness (QED) is 0.404. The molecule has 0 aliphatic carbocycles. The monoisotopic (exact) mass is 460 g/mol. The minimum absolute atomic E-state index is 0.166. The Balaban J connectivity index is 1.71.